The van der Waals surface area contributed by atoms with E-state index in [1.165, 1.54) is 0 Å². The molecule has 7 nitrogen and oxygen atoms in total. The summed E-state index contributed by atoms with van der Waals surface area (Å²) in [6, 6.07) is 6.74. The Morgan fingerprint density at radius 2 is 2.04 bits per heavy atom. The van der Waals surface area contributed by atoms with Gasteiger partial charge in [-0.2, -0.15) is 0 Å². The molecule has 0 spiro atoms. The van der Waals surface area contributed by atoms with Gasteiger partial charge in [-0.25, -0.2) is 9.59 Å². The summed E-state index contributed by atoms with van der Waals surface area (Å²) in [6.45, 7) is 6.28. The van der Waals surface area contributed by atoms with Gasteiger partial charge in [0.25, 0.3) is 0 Å². The first kappa shape index (κ1) is 19.9. The number of carbonyl (C=O) groups excluding carboxylic acids is 2. The largest absolute Gasteiger partial charge is 0.463 e. The molecule has 27 heavy (non-hydrogen) atoms. The topological polar surface area (TPSA) is 73.9 Å². The van der Waals surface area contributed by atoms with Crippen LogP contribution >= 0.6 is 15.9 Å². The number of carbonyl (C=O) groups is 2. The number of ether oxygens (including phenoxy) is 1. The molecular weight excluding hydrogens is 412 g/mol. The maximum atomic E-state index is 12.8. The lowest BCUT2D eigenvalue weighted by molar-refractivity contribution is -0.139. The minimum atomic E-state index is -0.544. The van der Waals surface area contributed by atoms with Crippen molar-refractivity contribution in [1.82, 2.24) is 20.4 Å². The SMILES string of the molecule is CCOC(=O)C1=C(CN2CCN(C)CC2)NC(=O)N[C@H]1c1cccc(Br)c1. The maximum absolute atomic E-state index is 12.8. The molecule has 2 amide bonds. The van der Waals surface area contributed by atoms with E-state index in [-0.39, 0.29) is 12.6 Å². The quantitative estimate of drug-likeness (QED) is 0.689. The Bertz CT molecular complexity index is 744. The van der Waals surface area contributed by atoms with Gasteiger partial charge in [-0.15, -0.1) is 0 Å². The van der Waals surface area contributed by atoms with Crippen LogP contribution in [0.1, 0.15) is 18.5 Å². The molecule has 2 N–H and O–H groups in total. The van der Waals surface area contributed by atoms with E-state index in [0.29, 0.717) is 17.8 Å². The zero-order chi connectivity index (χ0) is 19.4. The molecule has 0 saturated carbocycles. The van der Waals surface area contributed by atoms with Crippen LogP contribution in [0.25, 0.3) is 0 Å². The molecule has 0 bridgehead atoms. The number of amides is 2. The summed E-state index contributed by atoms with van der Waals surface area (Å²) in [5, 5.41) is 5.71. The van der Waals surface area contributed by atoms with E-state index < -0.39 is 12.0 Å². The summed E-state index contributed by atoms with van der Waals surface area (Å²) < 4.78 is 6.19. The summed E-state index contributed by atoms with van der Waals surface area (Å²) in [6.07, 6.45) is 0. The Labute approximate surface area is 167 Å². The average Bonchev–Trinajstić information content (AvgIpc) is 2.63. The van der Waals surface area contributed by atoms with Crippen LogP contribution < -0.4 is 10.6 Å². The van der Waals surface area contributed by atoms with Gasteiger partial charge in [-0.3, -0.25) is 4.90 Å². The van der Waals surface area contributed by atoms with Crippen molar-refractivity contribution in [2.75, 3.05) is 46.4 Å². The van der Waals surface area contributed by atoms with Gasteiger partial charge in [0.15, 0.2) is 0 Å². The highest BCUT2D eigenvalue weighted by Gasteiger charge is 2.34. The smallest absolute Gasteiger partial charge is 0.338 e. The van der Waals surface area contributed by atoms with E-state index in [4.69, 9.17) is 4.74 Å². The number of nitrogens with zero attached hydrogens (tertiary/aromatic N) is 2. The fourth-order valence-electron chi connectivity index (χ4n) is 3.36. The molecule has 2 heterocycles. The maximum Gasteiger partial charge on any atom is 0.338 e. The van der Waals surface area contributed by atoms with E-state index in [2.05, 4.69) is 43.4 Å². The lowest BCUT2D eigenvalue weighted by Gasteiger charge is -2.35. The van der Waals surface area contributed by atoms with Crippen molar-refractivity contribution in [2.24, 2.45) is 0 Å². The van der Waals surface area contributed by atoms with Crippen LogP contribution in [0.4, 0.5) is 4.79 Å². The standard InChI is InChI=1S/C19H25BrN4O3/c1-3-27-18(25)16-15(12-24-9-7-23(2)8-10-24)21-19(26)22-17(16)13-5-4-6-14(20)11-13/h4-6,11,17H,3,7-10,12H2,1-2H3,(H2,21,22,26)/t17-/m0/s1. The molecular formula is C19H25BrN4O3. The predicted molar refractivity (Wildman–Crippen MR) is 106 cm³/mol. The molecule has 0 aromatic heterocycles. The molecule has 146 valence electrons. The van der Waals surface area contributed by atoms with Crippen LogP contribution in [0.2, 0.25) is 0 Å². The van der Waals surface area contributed by atoms with Gasteiger partial charge in [0.05, 0.1) is 18.2 Å². The van der Waals surface area contributed by atoms with Gasteiger partial charge in [0.2, 0.25) is 0 Å². The first-order chi connectivity index (χ1) is 13.0. The van der Waals surface area contributed by atoms with Crippen molar-refractivity contribution in [3.05, 3.63) is 45.6 Å². The van der Waals surface area contributed by atoms with E-state index in [0.717, 1.165) is 36.2 Å². The van der Waals surface area contributed by atoms with Gasteiger partial charge in [0, 0.05) is 42.9 Å². The fraction of sp³-hybridized carbons (Fsp3) is 0.474. The number of hydrogen-bond donors (Lipinski definition) is 2. The first-order valence-electron chi connectivity index (χ1n) is 9.12. The minimum Gasteiger partial charge on any atom is -0.463 e. The molecule has 1 aromatic rings. The third-order valence-corrected chi connectivity index (χ3v) is 5.30. The highest BCUT2D eigenvalue weighted by Crippen LogP contribution is 2.29. The van der Waals surface area contributed by atoms with E-state index >= 15 is 0 Å². The van der Waals surface area contributed by atoms with Gasteiger partial charge < -0.3 is 20.3 Å². The molecule has 1 atom stereocenters. The molecule has 1 aromatic carbocycles. The third kappa shape index (κ3) is 4.88. The number of urea groups is 1. The van der Waals surface area contributed by atoms with Crippen LogP contribution in [0.3, 0.4) is 0 Å². The highest BCUT2D eigenvalue weighted by atomic mass is 79.9. The third-order valence-electron chi connectivity index (χ3n) is 4.81. The zero-order valence-electron chi connectivity index (χ0n) is 15.6. The number of piperazine rings is 1. The number of hydrogen-bond acceptors (Lipinski definition) is 5. The Kier molecular flexibility index (Phi) is 6.51. The molecule has 0 unspecified atom stereocenters. The van der Waals surface area contributed by atoms with Crippen molar-refractivity contribution in [3.8, 4) is 0 Å². The number of esters is 1. The fourth-order valence-corrected chi connectivity index (χ4v) is 3.78. The number of rotatable bonds is 5. The van der Waals surface area contributed by atoms with Crippen LogP contribution in [0.5, 0.6) is 0 Å². The van der Waals surface area contributed by atoms with Crippen molar-refractivity contribution >= 4 is 27.9 Å². The number of likely N-dealkylation sites (N-methyl/N-ethyl adjacent to an activating group) is 1. The van der Waals surface area contributed by atoms with Crippen molar-refractivity contribution in [3.63, 3.8) is 0 Å². The molecule has 8 heteroatoms. The second kappa shape index (κ2) is 8.86. The average molecular weight is 437 g/mol. The predicted octanol–water partition coefficient (Wildman–Crippen LogP) is 1.87. The second-order valence-electron chi connectivity index (χ2n) is 6.78. The Balaban J connectivity index is 1.95. The summed E-state index contributed by atoms with van der Waals surface area (Å²) >= 11 is 3.46. The summed E-state index contributed by atoms with van der Waals surface area (Å²) in [4.78, 5) is 29.6. The molecule has 3 rings (SSSR count). The van der Waals surface area contributed by atoms with Gasteiger partial charge in [-0.05, 0) is 31.7 Å². The van der Waals surface area contributed by atoms with Gasteiger partial charge >= 0.3 is 12.0 Å². The van der Waals surface area contributed by atoms with Crippen molar-refractivity contribution in [1.29, 1.82) is 0 Å². The number of halogens is 1. The Morgan fingerprint density at radius 3 is 2.70 bits per heavy atom. The first-order valence-corrected chi connectivity index (χ1v) is 9.91. The minimum absolute atomic E-state index is 0.281. The summed E-state index contributed by atoms with van der Waals surface area (Å²) in [7, 11) is 2.09. The van der Waals surface area contributed by atoms with E-state index in [9.17, 15) is 9.59 Å². The van der Waals surface area contributed by atoms with Crippen LogP contribution in [-0.2, 0) is 9.53 Å². The normalized spacial score (nSPS) is 21.6. The van der Waals surface area contributed by atoms with E-state index in [1.54, 1.807) is 6.92 Å². The molecule has 1 saturated heterocycles. The monoisotopic (exact) mass is 436 g/mol. The van der Waals surface area contributed by atoms with Crippen LogP contribution in [0, 0.1) is 0 Å². The molecule has 2 aliphatic heterocycles. The lowest BCUT2D eigenvalue weighted by atomic mass is 9.95. The molecule has 0 aliphatic carbocycles. The summed E-state index contributed by atoms with van der Waals surface area (Å²) in [5.74, 6) is -0.404. The zero-order valence-corrected chi connectivity index (χ0v) is 17.2. The van der Waals surface area contributed by atoms with Gasteiger partial charge in [-0.1, -0.05) is 28.1 Å². The van der Waals surface area contributed by atoms with Gasteiger partial charge in [0.1, 0.15) is 0 Å². The van der Waals surface area contributed by atoms with Crippen molar-refractivity contribution in [2.45, 2.75) is 13.0 Å². The Morgan fingerprint density at radius 1 is 1.30 bits per heavy atom. The van der Waals surface area contributed by atoms with Crippen molar-refractivity contribution < 1.29 is 14.3 Å². The molecule has 1 fully saturated rings. The molecule has 0 radical (unpaired) electrons. The Hall–Kier alpha value is -1.90. The van der Waals surface area contributed by atoms with Crippen LogP contribution in [-0.4, -0.2) is 68.2 Å². The molecule has 2 aliphatic rings. The summed E-state index contributed by atoms with van der Waals surface area (Å²) in [5.41, 5.74) is 1.92. The number of nitrogens with one attached hydrogen (secondary N) is 2. The second-order valence-corrected chi connectivity index (χ2v) is 7.69. The van der Waals surface area contributed by atoms with E-state index in [1.807, 2.05) is 24.3 Å². The number of benzene rings is 1. The lowest BCUT2D eigenvalue weighted by Crippen LogP contribution is -2.51. The highest BCUT2D eigenvalue weighted by molar-refractivity contribution is 9.10. The van der Waals surface area contributed by atoms with Crippen LogP contribution in [0.15, 0.2) is 40.0 Å².